The van der Waals surface area contributed by atoms with E-state index in [0.29, 0.717) is 17.7 Å². The molecule has 110 valence electrons. The van der Waals surface area contributed by atoms with E-state index >= 15 is 0 Å². The van der Waals surface area contributed by atoms with Crippen LogP contribution >= 0.6 is 0 Å². The summed E-state index contributed by atoms with van der Waals surface area (Å²) >= 11 is 0. The average molecular weight is 286 g/mol. The van der Waals surface area contributed by atoms with Crippen molar-refractivity contribution in [1.29, 1.82) is 0 Å². The zero-order valence-electron chi connectivity index (χ0n) is 12.4. The molecule has 0 unspecified atom stereocenters. The predicted molar refractivity (Wildman–Crippen MR) is 80.7 cm³/mol. The normalized spacial score (nSPS) is 10.0. The van der Waals surface area contributed by atoms with Crippen molar-refractivity contribution in [2.24, 2.45) is 0 Å². The van der Waals surface area contributed by atoms with Crippen molar-refractivity contribution in [3.8, 4) is 17.2 Å². The van der Waals surface area contributed by atoms with Crippen LogP contribution in [0.25, 0.3) is 0 Å². The molecule has 0 aromatic heterocycles. The Morgan fingerprint density at radius 3 is 2.29 bits per heavy atom. The maximum Gasteiger partial charge on any atom is 0.153 e. The van der Waals surface area contributed by atoms with Crippen molar-refractivity contribution in [1.82, 2.24) is 0 Å². The Morgan fingerprint density at radius 1 is 0.905 bits per heavy atom. The summed E-state index contributed by atoms with van der Waals surface area (Å²) in [6.45, 7) is 0. The van der Waals surface area contributed by atoms with E-state index in [-0.39, 0.29) is 0 Å². The fourth-order valence-electron chi connectivity index (χ4n) is 2.20. The summed E-state index contributed by atoms with van der Waals surface area (Å²) in [4.78, 5) is 10.9. The van der Waals surface area contributed by atoms with Crippen LogP contribution in [0.3, 0.4) is 0 Å². The summed E-state index contributed by atoms with van der Waals surface area (Å²) in [5.74, 6) is 2.15. The number of hydrogen-bond acceptors (Lipinski definition) is 4. The summed E-state index contributed by atoms with van der Waals surface area (Å²) in [5.41, 5.74) is 2.58. The van der Waals surface area contributed by atoms with Crippen molar-refractivity contribution in [3.63, 3.8) is 0 Å². The Balaban J connectivity index is 2.35. The van der Waals surface area contributed by atoms with Crippen molar-refractivity contribution in [2.75, 3.05) is 21.3 Å². The van der Waals surface area contributed by atoms with Gasteiger partial charge in [-0.1, -0.05) is 6.07 Å². The largest absolute Gasteiger partial charge is 0.497 e. The van der Waals surface area contributed by atoms with E-state index < -0.39 is 0 Å². The van der Waals surface area contributed by atoms with E-state index in [1.54, 1.807) is 27.4 Å². The van der Waals surface area contributed by atoms with E-state index in [0.717, 1.165) is 28.9 Å². The fourth-order valence-corrected chi connectivity index (χ4v) is 2.20. The molecule has 4 heteroatoms. The summed E-state index contributed by atoms with van der Waals surface area (Å²) in [5, 5.41) is 0. The zero-order chi connectivity index (χ0) is 15.2. The van der Waals surface area contributed by atoms with Crippen LogP contribution in [-0.4, -0.2) is 27.6 Å². The molecule has 0 aliphatic carbocycles. The van der Waals surface area contributed by atoms with Gasteiger partial charge < -0.3 is 14.2 Å². The Kier molecular flexibility index (Phi) is 4.82. The van der Waals surface area contributed by atoms with Gasteiger partial charge in [0.1, 0.15) is 17.2 Å². The molecule has 2 aromatic carbocycles. The van der Waals surface area contributed by atoms with Crippen molar-refractivity contribution < 1.29 is 19.0 Å². The quantitative estimate of drug-likeness (QED) is 0.765. The molecule has 0 atom stereocenters. The molecule has 0 fully saturated rings. The van der Waals surface area contributed by atoms with Gasteiger partial charge in [-0.2, -0.15) is 0 Å². The number of carbonyl (C=O) groups is 1. The second kappa shape index (κ2) is 6.79. The molecule has 0 amide bonds. The van der Waals surface area contributed by atoms with E-state index in [4.69, 9.17) is 14.2 Å². The van der Waals surface area contributed by atoms with Crippen LogP contribution in [0.15, 0.2) is 36.4 Å². The van der Waals surface area contributed by atoms with Crippen LogP contribution < -0.4 is 14.2 Å². The Labute approximate surface area is 124 Å². The highest BCUT2D eigenvalue weighted by Gasteiger charge is 2.09. The van der Waals surface area contributed by atoms with Crippen molar-refractivity contribution in [2.45, 2.75) is 6.42 Å². The van der Waals surface area contributed by atoms with Crippen LogP contribution in [0.2, 0.25) is 0 Å². The molecule has 0 heterocycles. The molecule has 0 bridgehead atoms. The van der Waals surface area contributed by atoms with Gasteiger partial charge in [-0.15, -0.1) is 0 Å². The molecule has 0 saturated heterocycles. The third-order valence-corrected chi connectivity index (χ3v) is 3.31. The van der Waals surface area contributed by atoms with Crippen LogP contribution in [0.5, 0.6) is 17.2 Å². The summed E-state index contributed by atoms with van der Waals surface area (Å²) in [6, 6.07) is 11.2. The van der Waals surface area contributed by atoms with Gasteiger partial charge in [0, 0.05) is 12.0 Å². The third-order valence-electron chi connectivity index (χ3n) is 3.31. The van der Waals surface area contributed by atoms with Crippen LogP contribution in [0, 0.1) is 0 Å². The first-order valence-corrected chi connectivity index (χ1v) is 6.54. The molecule has 0 saturated carbocycles. The fraction of sp³-hybridized carbons (Fsp3) is 0.235. The highest BCUT2D eigenvalue weighted by Crippen LogP contribution is 2.28. The van der Waals surface area contributed by atoms with Gasteiger partial charge in [0.05, 0.1) is 26.9 Å². The average Bonchev–Trinajstić information content (AvgIpc) is 2.54. The van der Waals surface area contributed by atoms with Gasteiger partial charge in [0.2, 0.25) is 0 Å². The number of methoxy groups -OCH3 is 3. The molecular weight excluding hydrogens is 268 g/mol. The lowest BCUT2D eigenvalue weighted by Gasteiger charge is -2.12. The van der Waals surface area contributed by atoms with Gasteiger partial charge in [-0.05, 0) is 35.9 Å². The second-order valence-corrected chi connectivity index (χ2v) is 4.55. The molecule has 4 nitrogen and oxygen atoms in total. The Bertz CT molecular complexity index is 635. The maximum absolute atomic E-state index is 10.9. The monoisotopic (exact) mass is 286 g/mol. The van der Waals surface area contributed by atoms with Crippen LogP contribution in [0.1, 0.15) is 21.5 Å². The van der Waals surface area contributed by atoms with E-state index in [1.807, 2.05) is 30.3 Å². The number of aldehydes is 1. The van der Waals surface area contributed by atoms with Gasteiger partial charge in [0.25, 0.3) is 0 Å². The molecular formula is C17H18O4. The van der Waals surface area contributed by atoms with Crippen LogP contribution in [-0.2, 0) is 6.42 Å². The third kappa shape index (κ3) is 3.34. The SMILES string of the molecule is COc1ccc(OC)c(Cc2ccc(C=O)c(OC)c2)c1. The number of carbonyl (C=O) groups excluding carboxylic acids is 1. The molecule has 2 aromatic rings. The molecule has 0 radical (unpaired) electrons. The summed E-state index contributed by atoms with van der Waals surface area (Å²) in [7, 11) is 4.83. The van der Waals surface area contributed by atoms with Crippen molar-refractivity contribution in [3.05, 3.63) is 53.1 Å². The van der Waals surface area contributed by atoms with E-state index in [9.17, 15) is 4.79 Å². The van der Waals surface area contributed by atoms with Crippen molar-refractivity contribution >= 4 is 6.29 Å². The van der Waals surface area contributed by atoms with Gasteiger partial charge >= 0.3 is 0 Å². The van der Waals surface area contributed by atoms with Gasteiger partial charge in [0.15, 0.2) is 6.29 Å². The lowest BCUT2D eigenvalue weighted by molar-refractivity contribution is 0.112. The predicted octanol–water partition coefficient (Wildman–Crippen LogP) is 3.12. The first-order chi connectivity index (χ1) is 10.2. The first-order valence-electron chi connectivity index (χ1n) is 6.54. The number of hydrogen-bond donors (Lipinski definition) is 0. The number of benzene rings is 2. The standard InChI is InChI=1S/C17H18O4/c1-19-15-6-7-16(20-2)14(10-15)8-12-4-5-13(11-18)17(9-12)21-3/h4-7,9-11H,8H2,1-3H3. The number of ether oxygens (including phenoxy) is 3. The molecule has 0 N–H and O–H groups in total. The molecule has 2 rings (SSSR count). The second-order valence-electron chi connectivity index (χ2n) is 4.55. The molecule has 21 heavy (non-hydrogen) atoms. The topological polar surface area (TPSA) is 44.8 Å². The zero-order valence-corrected chi connectivity index (χ0v) is 12.4. The minimum atomic E-state index is 0.541. The Hall–Kier alpha value is -2.49. The summed E-state index contributed by atoms with van der Waals surface area (Å²) in [6.07, 6.45) is 1.45. The number of rotatable bonds is 6. The minimum Gasteiger partial charge on any atom is -0.497 e. The first kappa shape index (κ1) is 14.9. The highest BCUT2D eigenvalue weighted by molar-refractivity contribution is 5.79. The smallest absolute Gasteiger partial charge is 0.153 e. The maximum atomic E-state index is 10.9. The van der Waals surface area contributed by atoms with Gasteiger partial charge in [-0.3, -0.25) is 4.79 Å². The van der Waals surface area contributed by atoms with Crippen LogP contribution in [0.4, 0.5) is 0 Å². The van der Waals surface area contributed by atoms with E-state index in [1.165, 1.54) is 0 Å². The molecule has 0 aliphatic rings. The lowest BCUT2D eigenvalue weighted by atomic mass is 10.0. The van der Waals surface area contributed by atoms with Gasteiger partial charge in [-0.25, -0.2) is 0 Å². The minimum absolute atomic E-state index is 0.541. The molecule has 0 aliphatic heterocycles. The van der Waals surface area contributed by atoms with E-state index in [2.05, 4.69) is 0 Å². The lowest BCUT2D eigenvalue weighted by Crippen LogP contribution is -1.97. The summed E-state index contributed by atoms with van der Waals surface area (Å²) < 4.78 is 15.9. The highest BCUT2D eigenvalue weighted by atomic mass is 16.5. The molecule has 0 spiro atoms. The Morgan fingerprint density at radius 2 is 1.67 bits per heavy atom.